The highest BCUT2D eigenvalue weighted by molar-refractivity contribution is 6.32. The molecule has 2 aliphatic heterocycles. The predicted octanol–water partition coefficient (Wildman–Crippen LogP) is 3.94. The van der Waals surface area contributed by atoms with Crippen molar-refractivity contribution in [3.8, 4) is 34.1 Å². The van der Waals surface area contributed by atoms with Crippen LogP contribution in [0.15, 0.2) is 48.5 Å². The molecule has 0 bridgehead atoms. The quantitative estimate of drug-likeness (QED) is 0.228. The SMILES string of the molecule is Cc1c(COc2cc(OCCN3CC[C@@H](O)C3)c(CNC(C)(CO)CO)cc2Cl)cccc1-c1ccc2c(c1)OCCO2. The molecule has 2 aliphatic rings. The first-order valence-corrected chi connectivity index (χ1v) is 15.1. The lowest BCUT2D eigenvalue weighted by Gasteiger charge is -2.27. The van der Waals surface area contributed by atoms with Crippen molar-refractivity contribution in [1.82, 2.24) is 10.2 Å². The predicted molar refractivity (Wildman–Crippen MR) is 165 cm³/mol. The fraction of sp³-hybridized carbons (Fsp3) is 0.455. The number of nitrogens with one attached hydrogen (secondary N) is 1. The molecule has 9 nitrogen and oxygen atoms in total. The number of aliphatic hydroxyl groups is 3. The fourth-order valence-corrected chi connectivity index (χ4v) is 5.49. The summed E-state index contributed by atoms with van der Waals surface area (Å²) in [6, 6.07) is 15.7. The van der Waals surface area contributed by atoms with E-state index in [4.69, 9.17) is 30.5 Å². The Kier molecular flexibility index (Phi) is 10.3. The van der Waals surface area contributed by atoms with Gasteiger partial charge in [0.25, 0.3) is 0 Å². The van der Waals surface area contributed by atoms with Gasteiger partial charge in [0.15, 0.2) is 11.5 Å². The van der Waals surface area contributed by atoms with Gasteiger partial charge >= 0.3 is 0 Å². The first kappa shape index (κ1) is 31.4. The van der Waals surface area contributed by atoms with Gasteiger partial charge in [-0.1, -0.05) is 35.9 Å². The third-order valence-corrected chi connectivity index (χ3v) is 8.41. The van der Waals surface area contributed by atoms with Crippen molar-refractivity contribution in [3.63, 3.8) is 0 Å². The number of hydrogen-bond acceptors (Lipinski definition) is 9. The number of halogens is 1. The summed E-state index contributed by atoms with van der Waals surface area (Å²) in [6.45, 7) is 7.67. The lowest BCUT2D eigenvalue weighted by Crippen LogP contribution is -2.48. The van der Waals surface area contributed by atoms with Crippen molar-refractivity contribution in [2.45, 2.75) is 45.1 Å². The van der Waals surface area contributed by atoms with Crippen LogP contribution in [0.2, 0.25) is 5.02 Å². The van der Waals surface area contributed by atoms with E-state index >= 15 is 0 Å². The summed E-state index contributed by atoms with van der Waals surface area (Å²) in [4.78, 5) is 2.17. The monoisotopic (exact) mass is 612 g/mol. The van der Waals surface area contributed by atoms with E-state index in [1.807, 2.05) is 30.3 Å². The molecule has 0 radical (unpaired) electrons. The standard InChI is InChI=1S/C33H41ClN2O7/c1-22-24(4-3-5-27(22)23-6-7-29-32(15-23)42-13-12-41-29)19-43-31-16-30(40-11-10-36-9-8-26(39)18-36)25(14-28(31)34)17-35-33(2,20-37)21-38/h3-7,14-16,26,35,37-39H,8-13,17-21H2,1-2H3/t26-/m1/s1. The maximum atomic E-state index is 9.85. The summed E-state index contributed by atoms with van der Waals surface area (Å²) in [7, 11) is 0. The Labute approximate surface area is 257 Å². The van der Waals surface area contributed by atoms with E-state index in [2.05, 4.69) is 23.2 Å². The molecule has 0 amide bonds. The van der Waals surface area contributed by atoms with Crippen LogP contribution in [0.4, 0.5) is 0 Å². The summed E-state index contributed by atoms with van der Waals surface area (Å²) in [6.07, 6.45) is 0.478. The molecule has 0 aromatic heterocycles. The summed E-state index contributed by atoms with van der Waals surface area (Å²) >= 11 is 6.70. The van der Waals surface area contributed by atoms with Crippen LogP contribution >= 0.6 is 11.6 Å². The van der Waals surface area contributed by atoms with E-state index in [1.165, 1.54) is 0 Å². The minimum atomic E-state index is -0.857. The van der Waals surface area contributed by atoms with Gasteiger partial charge in [0.1, 0.15) is 37.9 Å². The molecule has 1 atom stereocenters. The summed E-state index contributed by atoms with van der Waals surface area (Å²) < 4.78 is 23.9. The maximum Gasteiger partial charge on any atom is 0.161 e. The smallest absolute Gasteiger partial charge is 0.161 e. The van der Waals surface area contributed by atoms with E-state index in [0.717, 1.165) is 52.3 Å². The minimum absolute atomic E-state index is 0.226. The van der Waals surface area contributed by atoms with Crippen molar-refractivity contribution in [2.24, 2.45) is 0 Å². The summed E-state index contributed by atoms with van der Waals surface area (Å²) in [5.74, 6) is 2.60. The van der Waals surface area contributed by atoms with Gasteiger partial charge in [0.05, 0.1) is 29.9 Å². The van der Waals surface area contributed by atoms with Crippen LogP contribution in [0.3, 0.4) is 0 Å². The highest BCUT2D eigenvalue weighted by Crippen LogP contribution is 2.37. The van der Waals surface area contributed by atoms with Crippen molar-refractivity contribution in [3.05, 3.63) is 70.2 Å². The van der Waals surface area contributed by atoms with E-state index in [0.29, 0.717) is 62.6 Å². The van der Waals surface area contributed by atoms with Gasteiger partial charge in [0.2, 0.25) is 0 Å². The average molecular weight is 613 g/mol. The van der Waals surface area contributed by atoms with E-state index in [1.54, 1.807) is 19.1 Å². The van der Waals surface area contributed by atoms with Crippen molar-refractivity contribution < 1.29 is 34.3 Å². The van der Waals surface area contributed by atoms with Gasteiger partial charge in [-0.3, -0.25) is 4.90 Å². The zero-order chi connectivity index (χ0) is 30.4. The van der Waals surface area contributed by atoms with Crippen LogP contribution in [0.5, 0.6) is 23.0 Å². The Balaban J connectivity index is 1.32. The molecule has 3 aromatic rings. The third kappa shape index (κ3) is 7.73. The van der Waals surface area contributed by atoms with Gasteiger partial charge in [-0.15, -0.1) is 0 Å². The highest BCUT2D eigenvalue weighted by atomic mass is 35.5. The Bertz CT molecular complexity index is 1400. The Morgan fingerprint density at radius 3 is 2.53 bits per heavy atom. The minimum Gasteiger partial charge on any atom is -0.492 e. The molecular formula is C33H41ClN2O7. The number of β-amino-alcohol motifs (C(OH)–C–C–N with tert-alkyl or cyclic N) is 1. The molecule has 2 heterocycles. The second-order valence-corrected chi connectivity index (χ2v) is 11.9. The van der Waals surface area contributed by atoms with E-state index in [-0.39, 0.29) is 19.3 Å². The summed E-state index contributed by atoms with van der Waals surface area (Å²) in [5.41, 5.74) is 4.15. The van der Waals surface area contributed by atoms with E-state index < -0.39 is 5.54 Å². The van der Waals surface area contributed by atoms with Crippen LogP contribution in [-0.4, -0.2) is 84.5 Å². The second kappa shape index (κ2) is 14.2. The molecular weight excluding hydrogens is 572 g/mol. The van der Waals surface area contributed by atoms with Crippen molar-refractivity contribution >= 4 is 11.6 Å². The van der Waals surface area contributed by atoms with Gasteiger partial charge in [-0.25, -0.2) is 0 Å². The average Bonchev–Trinajstić information content (AvgIpc) is 3.44. The lowest BCUT2D eigenvalue weighted by atomic mass is 9.96. The van der Waals surface area contributed by atoms with Crippen LogP contribution in [0.25, 0.3) is 11.1 Å². The van der Waals surface area contributed by atoms with Crippen LogP contribution in [0.1, 0.15) is 30.0 Å². The largest absolute Gasteiger partial charge is 0.492 e. The van der Waals surface area contributed by atoms with Crippen molar-refractivity contribution in [1.29, 1.82) is 0 Å². The number of hydrogen-bond donors (Lipinski definition) is 4. The van der Waals surface area contributed by atoms with Crippen LogP contribution < -0.4 is 24.3 Å². The molecule has 0 spiro atoms. The zero-order valence-electron chi connectivity index (χ0n) is 24.8. The molecule has 10 heteroatoms. The molecule has 1 fully saturated rings. The first-order chi connectivity index (χ1) is 20.8. The Morgan fingerprint density at radius 2 is 1.79 bits per heavy atom. The number of likely N-dealkylation sites (tertiary alicyclic amines) is 1. The topological polar surface area (TPSA) is 113 Å². The van der Waals surface area contributed by atoms with E-state index in [9.17, 15) is 15.3 Å². The third-order valence-electron chi connectivity index (χ3n) is 8.11. The van der Waals surface area contributed by atoms with Gasteiger partial charge in [0, 0.05) is 37.8 Å². The molecule has 43 heavy (non-hydrogen) atoms. The number of ether oxygens (including phenoxy) is 4. The molecule has 3 aromatic carbocycles. The van der Waals surface area contributed by atoms with Crippen molar-refractivity contribution in [2.75, 3.05) is 52.7 Å². The zero-order valence-corrected chi connectivity index (χ0v) is 25.5. The molecule has 0 saturated carbocycles. The number of aliphatic hydroxyl groups excluding tert-OH is 3. The second-order valence-electron chi connectivity index (χ2n) is 11.4. The Hall–Kier alpha value is -3.05. The van der Waals surface area contributed by atoms with Crippen LogP contribution in [0, 0.1) is 6.92 Å². The molecule has 4 N–H and O–H groups in total. The normalized spacial score (nSPS) is 16.8. The Morgan fingerprint density at radius 1 is 1.00 bits per heavy atom. The summed E-state index contributed by atoms with van der Waals surface area (Å²) in [5, 5.41) is 32.9. The number of fused-ring (bicyclic) bond motifs is 1. The molecule has 232 valence electrons. The first-order valence-electron chi connectivity index (χ1n) is 14.7. The van der Waals surface area contributed by atoms with Crippen LogP contribution in [-0.2, 0) is 13.2 Å². The molecule has 5 rings (SSSR count). The highest BCUT2D eigenvalue weighted by Gasteiger charge is 2.24. The number of nitrogens with zero attached hydrogens (tertiary/aromatic N) is 1. The lowest BCUT2D eigenvalue weighted by molar-refractivity contribution is 0.103. The fourth-order valence-electron chi connectivity index (χ4n) is 5.25. The van der Waals surface area contributed by atoms with Gasteiger partial charge in [-0.2, -0.15) is 0 Å². The van der Waals surface area contributed by atoms with Gasteiger partial charge < -0.3 is 39.6 Å². The molecule has 1 saturated heterocycles. The number of rotatable bonds is 13. The molecule has 0 unspecified atom stereocenters. The number of benzene rings is 3. The maximum absolute atomic E-state index is 9.85. The van der Waals surface area contributed by atoms with Gasteiger partial charge in [-0.05, 0) is 60.7 Å². The molecule has 0 aliphatic carbocycles.